The van der Waals surface area contributed by atoms with Gasteiger partial charge in [-0.05, 0) is 59.5 Å². The maximum absolute atomic E-state index is 13.7. The van der Waals surface area contributed by atoms with Gasteiger partial charge in [-0.1, -0.05) is 18.2 Å². The van der Waals surface area contributed by atoms with Gasteiger partial charge < -0.3 is 5.32 Å². The number of H-pyrrole nitrogens is 1. The Morgan fingerprint density at radius 3 is 2.44 bits per heavy atom. The van der Waals surface area contributed by atoms with Crippen molar-refractivity contribution < 1.29 is 22.4 Å². The average Bonchev–Trinajstić information content (AvgIpc) is 3.47. The van der Waals surface area contributed by atoms with Crippen LogP contribution in [0.4, 0.5) is 23.2 Å². The lowest BCUT2D eigenvalue weighted by Gasteiger charge is -2.17. The van der Waals surface area contributed by atoms with E-state index in [-0.39, 0.29) is 17.4 Å². The van der Waals surface area contributed by atoms with Crippen molar-refractivity contribution in [1.29, 1.82) is 0 Å². The number of halogens is 4. The highest BCUT2D eigenvalue weighted by atomic mass is 19.3. The molecule has 1 amide bonds. The zero-order chi connectivity index (χ0) is 23.9. The minimum atomic E-state index is -2.69. The number of nitrogens with one attached hydrogen (secondary N) is 2. The van der Waals surface area contributed by atoms with Crippen LogP contribution in [0.5, 0.6) is 0 Å². The summed E-state index contributed by atoms with van der Waals surface area (Å²) < 4.78 is 52.8. The largest absolute Gasteiger partial charge is 0.325 e. The van der Waals surface area contributed by atoms with Crippen LogP contribution < -0.4 is 5.32 Å². The normalized spacial score (nSPS) is 14.3. The van der Waals surface area contributed by atoms with Crippen molar-refractivity contribution in [2.75, 3.05) is 5.32 Å². The van der Waals surface area contributed by atoms with Gasteiger partial charge in [0, 0.05) is 23.0 Å². The second-order valence-electron chi connectivity index (χ2n) is 7.93. The molecule has 172 valence electrons. The summed E-state index contributed by atoms with van der Waals surface area (Å²) in [6.07, 6.45) is -0.363. The van der Waals surface area contributed by atoms with Gasteiger partial charge in [0.05, 0.1) is 5.41 Å². The lowest BCUT2D eigenvalue weighted by Crippen LogP contribution is -2.28. The number of aromatic amines is 1. The van der Waals surface area contributed by atoms with Crippen LogP contribution in [0.3, 0.4) is 0 Å². The number of hydrogen-bond donors (Lipinski definition) is 2. The maximum atomic E-state index is 13.7. The maximum Gasteiger partial charge on any atom is 0.280 e. The second kappa shape index (κ2) is 8.32. The molecule has 1 fully saturated rings. The number of alkyl halides is 2. The van der Waals surface area contributed by atoms with Crippen molar-refractivity contribution >= 4 is 11.6 Å². The van der Waals surface area contributed by atoms with E-state index in [4.69, 9.17) is 0 Å². The number of tetrazole rings is 1. The summed E-state index contributed by atoms with van der Waals surface area (Å²) in [6, 6.07) is 11.1. The van der Waals surface area contributed by atoms with Crippen molar-refractivity contribution in [3.8, 4) is 22.5 Å². The fourth-order valence-electron chi connectivity index (χ4n) is 3.84. The van der Waals surface area contributed by atoms with Crippen LogP contribution >= 0.6 is 0 Å². The fraction of sp³-hybridized carbons (Fsp3) is 0.174. The molecule has 0 saturated heterocycles. The highest BCUT2D eigenvalue weighted by Crippen LogP contribution is 2.49. The first-order valence-electron chi connectivity index (χ1n) is 10.3. The molecule has 1 saturated carbocycles. The van der Waals surface area contributed by atoms with E-state index < -0.39 is 23.5 Å². The molecular weight excluding hydrogens is 452 g/mol. The third-order valence-electron chi connectivity index (χ3n) is 5.84. The van der Waals surface area contributed by atoms with Crippen LogP contribution in [-0.2, 0) is 10.2 Å². The molecule has 2 aromatic carbocycles. The Bertz CT molecular complexity index is 1350. The summed E-state index contributed by atoms with van der Waals surface area (Å²) in [7, 11) is 0. The first kappa shape index (κ1) is 21.7. The molecule has 0 spiro atoms. The van der Waals surface area contributed by atoms with E-state index >= 15 is 0 Å². The molecule has 2 N–H and O–H groups in total. The van der Waals surface area contributed by atoms with Crippen LogP contribution in [0.15, 0.2) is 54.7 Å². The van der Waals surface area contributed by atoms with Gasteiger partial charge >= 0.3 is 0 Å². The van der Waals surface area contributed by atoms with E-state index in [1.54, 1.807) is 18.2 Å². The number of amides is 1. The predicted octanol–water partition coefficient (Wildman–Crippen LogP) is 4.81. The standard InChI is InChI=1S/C23H16F4N6O/c24-17-5-2-13(9-18(17)25)23(7-8-23)22(34)29-14-3-4-15(16(10-14)21-30-32-33-31-21)12-1-6-19(20(26)27)28-11-12/h1-6,9-11,20H,7-8H2,(H,29,34)(H,30,31,32,33). The Morgan fingerprint density at radius 2 is 1.82 bits per heavy atom. The minimum absolute atomic E-state index is 0.228. The first-order chi connectivity index (χ1) is 16.4. The third-order valence-corrected chi connectivity index (χ3v) is 5.84. The van der Waals surface area contributed by atoms with Gasteiger partial charge in [-0.15, -0.1) is 10.2 Å². The number of rotatable bonds is 6. The SMILES string of the molecule is O=C(Nc1ccc(-c2ccc(C(F)F)nc2)c(-c2nn[nH]n2)c1)C1(c2ccc(F)c(F)c2)CC1. The van der Waals surface area contributed by atoms with Crippen molar-refractivity contribution in [2.24, 2.45) is 0 Å². The number of carbonyl (C=O) groups is 1. The zero-order valence-corrected chi connectivity index (χ0v) is 17.4. The quantitative estimate of drug-likeness (QED) is 0.396. The number of anilines is 1. The third kappa shape index (κ3) is 3.89. The monoisotopic (exact) mass is 468 g/mol. The van der Waals surface area contributed by atoms with Gasteiger partial charge in [-0.25, -0.2) is 17.6 Å². The van der Waals surface area contributed by atoms with Gasteiger partial charge in [0.1, 0.15) is 5.69 Å². The molecule has 5 rings (SSSR count). The smallest absolute Gasteiger partial charge is 0.280 e. The van der Waals surface area contributed by atoms with Gasteiger partial charge in [0.15, 0.2) is 11.6 Å². The number of nitrogens with zero attached hydrogens (tertiary/aromatic N) is 4. The van der Waals surface area contributed by atoms with E-state index in [9.17, 15) is 22.4 Å². The number of pyridine rings is 1. The second-order valence-corrected chi connectivity index (χ2v) is 7.93. The first-order valence-corrected chi connectivity index (χ1v) is 10.3. The summed E-state index contributed by atoms with van der Waals surface area (Å²) in [5.74, 6) is -2.11. The van der Waals surface area contributed by atoms with Gasteiger partial charge in [-0.2, -0.15) is 5.21 Å². The van der Waals surface area contributed by atoms with E-state index in [1.165, 1.54) is 24.4 Å². The Labute approximate surface area is 190 Å². The zero-order valence-electron chi connectivity index (χ0n) is 17.4. The molecule has 2 heterocycles. The molecule has 34 heavy (non-hydrogen) atoms. The van der Waals surface area contributed by atoms with Crippen molar-refractivity contribution in [3.63, 3.8) is 0 Å². The molecule has 0 aliphatic heterocycles. The molecule has 7 nitrogen and oxygen atoms in total. The summed E-state index contributed by atoms with van der Waals surface area (Å²) in [5, 5.41) is 16.7. The summed E-state index contributed by atoms with van der Waals surface area (Å²) in [5.41, 5.74) is 1.16. The molecule has 0 unspecified atom stereocenters. The van der Waals surface area contributed by atoms with Gasteiger partial charge in [0.25, 0.3) is 6.43 Å². The topological polar surface area (TPSA) is 96.5 Å². The summed E-state index contributed by atoms with van der Waals surface area (Å²) >= 11 is 0. The van der Waals surface area contributed by atoms with Crippen molar-refractivity contribution in [1.82, 2.24) is 25.6 Å². The average molecular weight is 468 g/mol. The minimum Gasteiger partial charge on any atom is -0.325 e. The molecule has 4 aromatic rings. The summed E-state index contributed by atoms with van der Waals surface area (Å²) in [4.78, 5) is 16.9. The van der Waals surface area contributed by atoms with Gasteiger partial charge in [0.2, 0.25) is 11.7 Å². The van der Waals surface area contributed by atoms with E-state index in [2.05, 4.69) is 30.9 Å². The highest BCUT2D eigenvalue weighted by molar-refractivity contribution is 6.02. The molecule has 11 heteroatoms. The molecule has 1 aliphatic carbocycles. The molecular formula is C23H16F4N6O. The molecule has 0 bridgehead atoms. The molecule has 0 radical (unpaired) electrons. The van der Waals surface area contributed by atoms with Crippen molar-refractivity contribution in [2.45, 2.75) is 24.7 Å². The number of hydrogen-bond acceptors (Lipinski definition) is 5. The molecule has 1 aliphatic rings. The van der Waals surface area contributed by atoms with E-state index in [1.807, 2.05) is 0 Å². The Hall–Kier alpha value is -4.15. The van der Waals surface area contributed by atoms with E-state index in [0.717, 1.165) is 12.1 Å². The molecule has 0 atom stereocenters. The lowest BCUT2D eigenvalue weighted by molar-refractivity contribution is -0.118. The summed E-state index contributed by atoms with van der Waals surface area (Å²) in [6.45, 7) is 0. The number of benzene rings is 2. The Kier molecular flexibility index (Phi) is 5.31. The van der Waals surface area contributed by atoms with Crippen molar-refractivity contribution in [3.05, 3.63) is 77.6 Å². The fourth-order valence-corrected chi connectivity index (χ4v) is 3.84. The highest BCUT2D eigenvalue weighted by Gasteiger charge is 2.51. The van der Waals surface area contributed by atoms with Crippen LogP contribution in [0.2, 0.25) is 0 Å². The van der Waals surface area contributed by atoms with Gasteiger partial charge in [-0.3, -0.25) is 9.78 Å². The number of aromatic nitrogens is 5. The Morgan fingerprint density at radius 1 is 1.00 bits per heavy atom. The Balaban J connectivity index is 1.47. The van der Waals surface area contributed by atoms with E-state index in [0.29, 0.717) is 40.8 Å². The van der Waals surface area contributed by atoms with Crippen LogP contribution in [0.25, 0.3) is 22.5 Å². The number of carbonyl (C=O) groups excluding carboxylic acids is 1. The van der Waals surface area contributed by atoms with Crippen LogP contribution in [0.1, 0.15) is 30.5 Å². The predicted molar refractivity (Wildman–Crippen MR) is 114 cm³/mol. The lowest BCUT2D eigenvalue weighted by atomic mass is 9.94. The van der Waals surface area contributed by atoms with Crippen LogP contribution in [-0.4, -0.2) is 31.5 Å². The molecule has 2 aromatic heterocycles. The van der Waals surface area contributed by atoms with Crippen LogP contribution in [0, 0.1) is 11.6 Å².